The van der Waals surface area contributed by atoms with Crippen LogP contribution in [0.15, 0.2) is 41.3 Å². The molecule has 3 aromatic rings. The average molecular weight is 611 g/mol. The van der Waals surface area contributed by atoms with E-state index in [1.807, 2.05) is 4.90 Å². The third-order valence-electron chi connectivity index (χ3n) is 8.38. The number of hydrogen-bond donors (Lipinski definition) is 2. The maximum Gasteiger partial charge on any atom is 0.414 e. The number of fused-ring (bicyclic) bond motifs is 1. The number of amides is 2. The normalized spacial score (nSPS) is 18.9. The zero-order valence-corrected chi connectivity index (χ0v) is 24.1. The Hall–Kier alpha value is -4.68. The van der Waals surface area contributed by atoms with E-state index in [1.54, 1.807) is 16.7 Å². The molecule has 1 saturated carbocycles. The highest BCUT2D eigenvalue weighted by Gasteiger charge is 2.33. The molecule has 0 unspecified atom stereocenters. The number of nitrogens with one attached hydrogen (secondary N) is 1. The summed E-state index contributed by atoms with van der Waals surface area (Å²) in [5.41, 5.74) is 0.137. The molecule has 2 amide bonds. The number of carbonyl (C=O) groups is 3. The van der Waals surface area contributed by atoms with Gasteiger partial charge in [0.2, 0.25) is 11.3 Å². The Morgan fingerprint density at radius 3 is 2.48 bits per heavy atom. The molecule has 2 aromatic carbocycles. The van der Waals surface area contributed by atoms with Gasteiger partial charge < -0.3 is 29.4 Å². The van der Waals surface area contributed by atoms with E-state index >= 15 is 4.39 Å². The van der Waals surface area contributed by atoms with E-state index in [0.717, 1.165) is 18.9 Å². The fourth-order valence-corrected chi connectivity index (χ4v) is 5.83. The number of carboxylic acid groups (broad SMARTS) is 1. The van der Waals surface area contributed by atoms with E-state index in [-0.39, 0.29) is 54.3 Å². The second-order valence-corrected chi connectivity index (χ2v) is 11.5. The highest BCUT2D eigenvalue weighted by atomic mass is 19.1. The van der Waals surface area contributed by atoms with E-state index in [9.17, 15) is 28.7 Å². The monoisotopic (exact) mass is 610 g/mol. The summed E-state index contributed by atoms with van der Waals surface area (Å²) in [6.07, 6.45) is 3.27. The van der Waals surface area contributed by atoms with Crippen molar-refractivity contribution in [2.45, 2.75) is 44.8 Å². The van der Waals surface area contributed by atoms with Gasteiger partial charge in [-0.25, -0.2) is 18.4 Å². The molecule has 0 spiro atoms. The number of cyclic esters (lactones) is 1. The van der Waals surface area contributed by atoms with Crippen LogP contribution in [0.4, 0.5) is 25.0 Å². The van der Waals surface area contributed by atoms with Crippen molar-refractivity contribution in [3.63, 3.8) is 0 Å². The summed E-state index contributed by atoms with van der Waals surface area (Å²) in [6, 6.07) is 7.12. The van der Waals surface area contributed by atoms with Crippen molar-refractivity contribution in [1.29, 1.82) is 0 Å². The molecule has 2 aliphatic heterocycles. The van der Waals surface area contributed by atoms with Gasteiger partial charge in [0.05, 0.1) is 36.6 Å². The van der Waals surface area contributed by atoms with Crippen molar-refractivity contribution in [2.24, 2.45) is 5.92 Å². The molecule has 6 rings (SSSR count). The minimum absolute atomic E-state index is 0.0536. The van der Waals surface area contributed by atoms with Crippen LogP contribution in [0.1, 0.15) is 49.0 Å². The first-order valence-electron chi connectivity index (χ1n) is 14.6. The van der Waals surface area contributed by atoms with E-state index in [4.69, 9.17) is 9.47 Å². The van der Waals surface area contributed by atoms with E-state index < -0.39 is 35.2 Å². The summed E-state index contributed by atoms with van der Waals surface area (Å²) in [7, 11) is 0. The number of carbonyl (C=O) groups excluding carboxylic acids is 2. The Balaban J connectivity index is 1.08. The largest absolute Gasteiger partial charge is 0.490 e. The summed E-state index contributed by atoms with van der Waals surface area (Å²) < 4.78 is 43.0. The molecule has 11 nitrogen and oxygen atoms in total. The third kappa shape index (κ3) is 5.90. The van der Waals surface area contributed by atoms with Gasteiger partial charge in [0, 0.05) is 43.7 Å². The smallest absolute Gasteiger partial charge is 0.414 e. The van der Waals surface area contributed by atoms with Crippen LogP contribution in [0, 0.1) is 17.6 Å². The van der Waals surface area contributed by atoms with Crippen LogP contribution in [0.5, 0.6) is 5.75 Å². The zero-order valence-electron chi connectivity index (χ0n) is 24.1. The van der Waals surface area contributed by atoms with Crippen LogP contribution in [0.3, 0.4) is 0 Å². The summed E-state index contributed by atoms with van der Waals surface area (Å²) in [5, 5.41) is 12.1. The van der Waals surface area contributed by atoms with E-state index in [1.165, 1.54) is 30.2 Å². The van der Waals surface area contributed by atoms with Crippen LogP contribution in [-0.2, 0) is 9.53 Å². The number of hydrogen-bond acceptors (Lipinski definition) is 7. The van der Waals surface area contributed by atoms with Crippen LogP contribution in [0.2, 0.25) is 0 Å². The van der Waals surface area contributed by atoms with E-state index in [2.05, 4.69) is 5.32 Å². The van der Waals surface area contributed by atoms with Gasteiger partial charge in [0.25, 0.3) is 0 Å². The van der Waals surface area contributed by atoms with Gasteiger partial charge in [-0.05, 0) is 55.9 Å². The lowest BCUT2D eigenvalue weighted by atomic mass is 9.97. The van der Waals surface area contributed by atoms with Crippen molar-refractivity contribution < 1.29 is 37.7 Å². The molecule has 44 heavy (non-hydrogen) atoms. The topological polar surface area (TPSA) is 130 Å². The number of pyridine rings is 1. The molecule has 0 bridgehead atoms. The molecule has 1 aliphatic carbocycles. The lowest BCUT2D eigenvalue weighted by Crippen LogP contribution is -2.36. The average Bonchev–Trinajstić information content (AvgIpc) is 3.77. The molecule has 13 heteroatoms. The van der Waals surface area contributed by atoms with Gasteiger partial charge >= 0.3 is 12.1 Å². The first-order chi connectivity index (χ1) is 21.1. The predicted octanol–water partition coefficient (Wildman–Crippen LogP) is 4.07. The fourth-order valence-electron chi connectivity index (χ4n) is 5.83. The summed E-state index contributed by atoms with van der Waals surface area (Å²) in [6.45, 7) is 3.02. The summed E-state index contributed by atoms with van der Waals surface area (Å²) in [5.74, 6) is -2.63. The molecule has 0 radical (unpaired) electrons. The first kappa shape index (κ1) is 29.4. The number of carboxylic acids is 1. The number of nitrogens with zero attached hydrogens (tertiary/aromatic N) is 3. The molecule has 1 atom stereocenters. The Bertz CT molecular complexity index is 1700. The molecule has 3 aliphatic rings. The molecule has 232 valence electrons. The van der Waals surface area contributed by atoms with Gasteiger partial charge in [0.1, 0.15) is 17.5 Å². The van der Waals surface area contributed by atoms with Gasteiger partial charge in [-0.2, -0.15) is 0 Å². The quantitative estimate of drug-likeness (QED) is 0.371. The Labute approximate surface area is 250 Å². The van der Waals surface area contributed by atoms with Crippen molar-refractivity contribution in [3.05, 3.63) is 63.9 Å². The molecule has 1 aromatic heterocycles. The molecular formula is C31H32F2N4O7. The Morgan fingerprint density at radius 2 is 1.82 bits per heavy atom. The molecule has 2 N–H and O–H groups in total. The van der Waals surface area contributed by atoms with Gasteiger partial charge in [0.15, 0.2) is 11.6 Å². The van der Waals surface area contributed by atoms with Crippen molar-refractivity contribution in [2.75, 3.05) is 42.6 Å². The summed E-state index contributed by atoms with van der Waals surface area (Å²) >= 11 is 0. The molecule has 3 fully saturated rings. The third-order valence-corrected chi connectivity index (χ3v) is 8.38. The van der Waals surface area contributed by atoms with Gasteiger partial charge in [-0.3, -0.25) is 14.5 Å². The maximum absolute atomic E-state index is 15.3. The number of aromatic nitrogens is 1. The van der Waals surface area contributed by atoms with Gasteiger partial charge in [-0.15, -0.1) is 0 Å². The van der Waals surface area contributed by atoms with Crippen LogP contribution in [0.25, 0.3) is 10.9 Å². The molecule has 2 saturated heterocycles. The van der Waals surface area contributed by atoms with Crippen LogP contribution < -0.4 is 25.3 Å². The summed E-state index contributed by atoms with van der Waals surface area (Å²) in [4.78, 5) is 51.0. The second-order valence-electron chi connectivity index (χ2n) is 11.5. The molecular weight excluding hydrogens is 578 g/mol. The standard InChI is InChI=1S/C31H32F2N4O7/c1-17(38)34-13-21-14-37(31(42)44-21)20-4-5-28(25(33)10-20)43-16-18-6-8-35(9-7-18)27-12-26-22(11-24(27)32)29(39)23(30(40)41)15-36(26)19-2-3-19/h4-5,10-12,15,18-19,21H,2-3,6-9,13-14,16H2,1H3,(H,34,38)(H,40,41)/t21-/m0/s1. The van der Waals surface area contributed by atoms with Gasteiger partial charge in [-0.1, -0.05) is 0 Å². The van der Waals surface area contributed by atoms with Crippen LogP contribution >= 0.6 is 0 Å². The number of rotatable bonds is 9. The highest BCUT2D eigenvalue weighted by molar-refractivity contribution is 5.93. The van der Waals surface area contributed by atoms with Crippen molar-refractivity contribution >= 4 is 40.2 Å². The Morgan fingerprint density at radius 1 is 1.07 bits per heavy atom. The number of aromatic carboxylic acids is 1. The lowest BCUT2D eigenvalue weighted by molar-refractivity contribution is -0.119. The van der Waals surface area contributed by atoms with Crippen LogP contribution in [-0.4, -0.2) is 66.5 Å². The van der Waals surface area contributed by atoms with E-state index in [0.29, 0.717) is 42.8 Å². The maximum atomic E-state index is 15.3. The first-order valence-corrected chi connectivity index (χ1v) is 14.6. The fraction of sp³-hybridized carbons (Fsp3) is 0.419. The minimum atomic E-state index is -1.33. The second kappa shape index (κ2) is 11.8. The number of benzene rings is 2. The zero-order chi connectivity index (χ0) is 31.1. The molecule has 3 heterocycles. The van der Waals surface area contributed by atoms with Crippen molar-refractivity contribution in [3.8, 4) is 5.75 Å². The predicted molar refractivity (Wildman–Crippen MR) is 157 cm³/mol. The number of halogens is 2. The lowest BCUT2D eigenvalue weighted by Gasteiger charge is -2.34. The minimum Gasteiger partial charge on any atom is -0.490 e. The van der Waals surface area contributed by atoms with Crippen molar-refractivity contribution in [1.82, 2.24) is 9.88 Å². The number of piperidine rings is 1. The SMILES string of the molecule is CC(=O)NC[C@H]1CN(c2ccc(OCC3CCN(c4cc5c(cc4F)c(=O)c(C(=O)O)cn5C4CC4)CC3)c(F)c2)C(=O)O1. The number of anilines is 2. The number of ether oxygens (including phenoxy) is 2. The Kier molecular flexibility index (Phi) is 7.87. The highest BCUT2D eigenvalue weighted by Crippen LogP contribution is 2.38.